The predicted octanol–water partition coefficient (Wildman–Crippen LogP) is 2.38. The summed E-state index contributed by atoms with van der Waals surface area (Å²) in [7, 11) is 0. The molecule has 16 heavy (non-hydrogen) atoms. The Morgan fingerprint density at radius 2 is 2.19 bits per heavy atom. The lowest BCUT2D eigenvalue weighted by Gasteiger charge is -2.03. The predicted molar refractivity (Wildman–Crippen MR) is 61.6 cm³/mol. The molecular formula is C12H10ClNO2. The van der Waals surface area contributed by atoms with Crippen molar-refractivity contribution in [3.8, 4) is 0 Å². The molecule has 1 aromatic rings. The minimum atomic E-state index is -0.341. The molecule has 1 heterocycles. The highest BCUT2D eigenvalue weighted by Gasteiger charge is 2.12. The van der Waals surface area contributed by atoms with Crippen molar-refractivity contribution in [3.63, 3.8) is 0 Å². The lowest BCUT2D eigenvalue weighted by atomic mass is 10.2. The molecule has 0 amide bonds. The van der Waals surface area contributed by atoms with E-state index in [-0.39, 0.29) is 5.97 Å². The summed E-state index contributed by atoms with van der Waals surface area (Å²) < 4.78 is 4.64. The molecule has 0 saturated carbocycles. The van der Waals surface area contributed by atoms with Crippen molar-refractivity contribution in [3.05, 3.63) is 59.0 Å². The Balaban J connectivity index is 1.96. The first-order valence-electron chi connectivity index (χ1n) is 4.82. The van der Waals surface area contributed by atoms with Crippen LogP contribution in [0.3, 0.4) is 0 Å². The molecule has 1 aromatic carbocycles. The Labute approximate surface area is 98.4 Å². The summed E-state index contributed by atoms with van der Waals surface area (Å²) in [5.41, 5.74) is 1.49. The maximum atomic E-state index is 11.1. The van der Waals surface area contributed by atoms with Gasteiger partial charge in [-0.1, -0.05) is 29.8 Å². The van der Waals surface area contributed by atoms with Gasteiger partial charge in [-0.05, 0) is 17.7 Å². The first kappa shape index (κ1) is 10.8. The minimum absolute atomic E-state index is 0.341. The third kappa shape index (κ3) is 2.44. The van der Waals surface area contributed by atoms with Crippen molar-refractivity contribution in [2.75, 3.05) is 0 Å². The Morgan fingerprint density at radius 1 is 1.38 bits per heavy atom. The molecule has 3 nitrogen and oxygen atoms in total. The minimum Gasteiger partial charge on any atom is -0.431 e. The average molecular weight is 236 g/mol. The summed E-state index contributed by atoms with van der Waals surface area (Å²) >= 11 is 5.98. The molecule has 4 heteroatoms. The monoisotopic (exact) mass is 235 g/mol. The zero-order valence-electron chi connectivity index (χ0n) is 8.44. The van der Waals surface area contributed by atoms with E-state index in [9.17, 15) is 4.79 Å². The molecule has 2 rings (SSSR count). The molecule has 1 N–H and O–H groups in total. The van der Waals surface area contributed by atoms with Crippen LogP contribution in [0.5, 0.6) is 0 Å². The Hall–Kier alpha value is -1.74. The number of cyclic esters (lactones) is 1. The number of nitrogens with one attached hydrogen (secondary N) is 1. The maximum absolute atomic E-state index is 11.1. The molecule has 0 aromatic heterocycles. The summed E-state index contributed by atoms with van der Waals surface area (Å²) in [5, 5.41) is 3.72. The number of carbonyl (C=O) groups is 1. The van der Waals surface area contributed by atoms with Crippen LogP contribution in [0.2, 0.25) is 5.02 Å². The second-order valence-corrected chi connectivity index (χ2v) is 3.69. The summed E-state index contributed by atoms with van der Waals surface area (Å²) in [5.74, 6) is -0.341. The number of benzene rings is 1. The molecule has 0 aliphatic carbocycles. The molecule has 82 valence electrons. The van der Waals surface area contributed by atoms with Crippen molar-refractivity contribution >= 4 is 17.6 Å². The lowest BCUT2D eigenvalue weighted by molar-refractivity contribution is -0.132. The van der Waals surface area contributed by atoms with E-state index >= 15 is 0 Å². The van der Waals surface area contributed by atoms with Gasteiger partial charge in [0.2, 0.25) is 0 Å². The number of halogens is 1. The summed E-state index contributed by atoms with van der Waals surface area (Å²) in [6.07, 6.45) is 4.60. The van der Waals surface area contributed by atoms with Crippen LogP contribution in [0.15, 0.2) is 48.4 Å². The van der Waals surface area contributed by atoms with Crippen LogP contribution < -0.4 is 5.32 Å². The van der Waals surface area contributed by atoms with Gasteiger partial charge in [0.05, 0.1) is 11.8 Å². The van der Waals surface area contributed by atoms with Gasteiger partial charge in [0, 0.05) is 17.8 Å². The number of ether oxygens (including phenoxy) is 1. The molecule has 0 bridgehead atoms. The molecule has 1 aliphatic heterocycles. The van der Waals surface area contributed by atoms with Crippen LogP contribution in [-0.2, 0) is 16.1 Å². The van der Waals surface area contributed by atoms with Crippen LogP contribution in [0.25, 0.3) is 0 Å². The van der Waals surface area contributed by atoms with E-state index in [0.717, 1.165) is 5.56 Å². The SMILES string of the molecule is O=C1OC=CC1=CNCc1ccccc1Cl. The third-order valence-corrected chi connectivity index (χ3v) is 2.54. The van der Waals surface area contributed by atoms with E-state index in [4.69, 9.17) is 11.6 Å². The van der Waals surface area contributed by atoms with Crippen molar-refractivity contribution in [1.82, 2.24) is 5.32 Å². The van der Waals surface area contributed by atoms with Gasteiger partial charge in [-0.2, -0.15) is 0 Å². The zero-order chi connectivity index (χ0) is 11.4. The highest BCUT2D eigenvalue weighted by molar-refractivity contribution is 6.31. The molecule has 0 unspecified atom stereocenters. The fourth-order valence-electron chi connectivity index (χ4n) is 1.32. The smallest absolute Gasteiger partial charge is 0.344 e. The number of hydrogen-bond donors (Lipinski definition) is 1. The second-order valence-electron chi connectivity index (χ2n) is 3.28. The molecule has 0 spiro atoms. The third-order valence-electron chi connectivity index (χ3n) is 2.17. The standard InChI is InChI=1S/C12H10ClNO2/c13-11-4-2-1-3-9(11)7-14-8-10-5-6-16-12(10)15/h1-6,8,14H,7H2. The average Bonchev–Trinajstić information content (AvgIpc) is 2.67. The number of rotatable bonds is 3. The van der Waals surface area contributed by atoms with Gasteiger partial charge in [0.15, 0.2) is 0 Å². The summed E-state index contributed by atoms with van der Waals surface area (Å²) in [6.45, 7) is 0.574. The fourth-order valence-corrected chi connectivity index (χ4v) is 1.53. The summed E-state index contributed by atoms with van der Waals surface area (Å²) in [6, 6.07) is 7.55. The summed E-state index contributed by atoms with van der Waals surface area (Å²) in [4.78, 5) is 11.1. The number of carbonyl (C=O) groups excluding carboxylic acids is 1. The van der Waals surface area contributed by atoms with Crippen molar-refractivity contribution in [2.24, 2.45) is 0 Å². The van der Waals surface area contributed by atoms with Crippen LogP contribution in [0.1, 0.15) is 5.56 Å². The highest BCUT2D eigenvalue weighted by Crippen LogP contribution is 2.14. The fraction of sp³-hybridized carbons (Fsp3) is 0.0833. The lowest BCUT2D eigenvalue weighted by Crippen LogP contribution is -2.08. The van der Waals surface area contributed by atoms with E-state index in [1.165, 1.54) is 6.26 Å². The van der Waals surface area contributed by atoms with Gasteiger partial charge >= 0.3 is 5.97 Å². The quantitative estimate of drug-likeness (QED) is 0.646. The molecule has 1 aliphatic rings. The molecule has 0 atom stereocenters. The second kappa shape index (κ2) is 4.86. The van der Waals surface area contributed by atoms with Gasteiger partial charge in [-0.25, -0.2) is 4.79 Å². The van der Waals surface area contributed by atoms with E-state index in [2.05, 4.69) is 10.1 Å². The molecule has 0 saturated heterocycles. The van der Waals surface area contributed by atoms with Crippen LogP contribution >= 0.6 is 11.6 Å². The van der Waals surface area contributed by atoms with Crippen LogP contribution in [0, 0.1) is 0 Å². The molecule has 0 radical (unpaired) electrons. The van der Waals surface area contributed by atoms with Crippen LogP contribution in [0.4, 0.5) is 0 Å². The van der Waals surface area contributed by atoms with Crippen molar-refractivity contribution < 1.29 is 9.53 Å². The normalized spacial score (nSPS) is 16.6. The molecular weight excluding hydrogens is 226 g/mol. The first-order chi connectivity index (χ1) is 7.77. The molecule has 0 fully saturated rings. The van der Waals surface area contributed by atoms with Gasteiger partial charge in [0.25, 0.3) is 0 Å². The highest BCUT2D eigenvalue weighted by atomic mass is 35.5. The zero-order valence-corrected chi connectivity index (χ0v) is 9.20. The van der Waals surface area contributed by atoms with Gasteiger partial charge in [0.1, 0.15) is 0 Å². The van der Waals surface area contributed by atoms with E-state index < -0.39 is 0 Å². The Morgan fingerprint density at radius 3 is 2.88 bits per heavy atom. The van der Waals surface area contributed by atoms with Crippen molar-refractivity contribution in [1.29, 1.82) is 0 Å². The number of esters is 1. The van der Waals surface area contributed by atoms with E-state index in [1.807, 2.05) is 24.3 Å². The van der Waals surface area contributed by atoms with Crippen LogP contribution in [-0.4, -0.2) is 5.97 Å². The Bertz CT molecular complexity index is 466. The maximum Gasteiger partial charge on any atom is 0.344 e. The van der Waals surface area contributed by atoms with Gasteiger partial charge in [-0.15, -0.1) is 0 Å². The largest absolute Gasteiger partial charge is 0.431 e. The van der Waals surface area contributed by atoms with Crippen molar-refractivity contribution in [2.45, 2.75) is 6.54 Å². The van der Waals surface area contributed by atoms with E-state index in [0.29, 0.717) is 17.1 Å². The number of hydrogen-bond acceptors (Lipinski definition) is 3. The van der Waals surface area contributed by atoms with E-state index in [1.54, 1.807) is 12.3 Å². The first-order valence-corrected chi connectivity index (χ1v) is 5.19. The Kier molecular flexibility index (Phi) is 3.27. The topological polar surface area (TPSA) is 38.3 Å². The van der Waals surface area contributed by atoms with Gasteiger partial charge < -0.3 is 10.1 Å². The van der Waals surface area contributed by atoms with Gasteiger partial charge in [-0.3, -0.25) is 0 Å².